The third kappa shape index (κ3) is 4.27. The number of sulfonamides is 1. The Morgan fingerprint density at radius 2 is 1.61 bits per heavy atom. The van der Waals surface area contributed by atoms with E-state index in [0.717, 1.165) is 15.6 Å². The van der Waals surface area contributed by atoms with Crippen molar-refractivity contribution in [3.05, 3.63) is 90.3 Å². The van der Waals surface area contributed by atoms with E-state index in [1.165, 1.54) is 38.4 Å². The summed E-state index contributed by atoms with van der Waals surface area (Å²) in [6.07, 6.45) is 3.40. The van der Waals surface area contributed by atoms with Gasteiger partial charge in [0.15, 0.2) is 0 Å². The molecule has 28 heavy (non-hydrogen) atoms. The third-order valence-corrected chi connectivity index (χ3v) is 6.09. The number of nitrogens with zero attached hydrogens (tertiary/aromatic N) is 3. The van der Waals surface area contributed by atoms with Crippen molar-refractivity contribution < 1.29 is 13.2 Å². The Morgan fingerprint density at radius 1 is 0.929 bits per heavy atom. The molecule has 2 aromatic carbocycles. The van der Waals surface area contributed by atoms with Crippen LogP contribution in [-0.2, 0) is 16.6 Å². The van der Waals surface area contributed by atoms with Gasteiger partial charge in [-0.05, 0) is 48.0 Å². The van der Waals surface area contributed by atoms with Gasteiger partial charge in [-0.3, -0.25) is 9.78 Å². The Balaban J connectivity index is 1.93. The van der Waals surface area contributed by atoms with E-state index in [1.54, 1.807) is 17.3 Å². The highest BCUT2D eigenvalue weighted by atomic mass is 32.2. The average Bonchev–Trinajstić information content (AvgIpc) is 2.73. The molecule has 0 unspecified atom stereocenters. The standard InChI is InChI=1S/C21H21N3O3S/c1-23(2)28(26,27)20-12-10-18(11-13-20)21(25)24(19-8-4-3-5-9-19)16-17-7-6-14-22-15-17/h3-15H,16H2,1-2H3. The summed E-state index contributed by atoms with van der Waals surface area (Å²) in [5, 5.41) is 0. The molecule has 1 amide bonds. The first-order chi connectivity index (χ1) is 13.4. The monoisotopic (exact) mass is 395 g/mol. The first-order valence-corrected chi connectivity index (χ1v) is 10.1. The van der Waals surface area contributed by atoms with Crippen LogP contribution in [0.25, 0.3) is 0 Å². The lowest BCUT2D eigenvalue weighted by Crippen LogP contribution is -2.30. The van der Waals surface area contributed by atoms with Crippen molar-refractivity contribution in [2.45, 2.75) is 11.4 Å². The normalized spacial score (nSPS) is 11.4. The highest BCUT2D eigenvalue weighted by Gasteiger charge is 2.21. The van der Waals surface area contributed by atoms with Gasteiger partial charge in [0.25, 0.3) is 5.91 Å². The van der Waals surface area contributed by atoms with E-state index in [2.05, 4.69) is 4.98 Å². The molecule has 0 aliphatic heterocycles. The number of aromatic nitrogens is 1. The molecule has 0 fully saturated rings. The quantitative estimate of drug-likeness (QED) is 0.643. The maximum atomic E-state index is 13.2. The minimum Gasteiger partial charge on any atom is -0.304 e. The van der Waals surface area contributed by atoms with E-state index >= 15 is 0 Å². The van der Waals surface area contributed by atoms with E-state index < -0.39 is 10.0 Å². The van der Waals surface area contributed by atoms with Crippen LogP contribution in [0.15, 0.2) is 84.0 Å². The van der Waals surface area contributed by atoms with Crippen LogP contribution < -0.4 is 4.90 Å². The summed E-state index contributed by atoms with van der Waals surface area (Å²) in [5.41, 5.74) is 2.05. The fourth-order valence-electron chi connectivity index (χ4n) is 2.70. The van der Waals surface area contributed by atoms with Gasteiger partial charge in [-0.1, -0.05) is 24.3 Å². The van der Waals surface area contributed by atoms with Crippen molar-refractivity contribution in [1.29, 1.82) is 0 Å². The Hall–Kier alpha value is -3.03. The number of hydrogen-bond acceptors (Lipinski definition) is 4. The van der Waals surface area contributed by atoms with E-state index in [9.17, 15) is 13.2 Å². The van der Waals surface area contributed by atoms with Gasteiger partial charge >= 0.3 is 0 Å². The molecule has 0 aliphatic rings. The summed E-state index contributed by atoms with van der Waals surface area (Å²) >= 11 is 0. The van der Waals surface area contributed by atoms with Crippen LogP contribution in [0.5, 0.6) is 0 Å². The number of amides is 1. The molecule has 6 nitrogen and oxygen atoms in total. The van der Waals surface area contributed by atoms with Gasteiger partial charge in [0.2, 0.25) is 10.0 Å². The van der Waals surface area contributed by atoms with Crippen LogP contribution in [0.1, 0.15) is 15.9 Å². The maximum absolute atomic E-state index is 13.2. The number of rotatable bonds is 6. The van der Waals surface area contributed by atoms with Gasteiger partial charge in [-0.25, -0.2) is 12.7 Å². The van der Waals surface area contributed by atoms with Gasteiger partial charge in [0, 0.05) is 37.7 Å². The molecule has 144 valence electrons. The van der Waals surface area contributed by atoms with Crippen molar-refractivity contribution in [2.75, 3.05) is 19.0 Å². The molecule has 0 bridgehead atoms. The molecule has 7 heteroatoms. The molecular formula is C21H21N3O3S. The topological polar surface area (TPSA) is 70.6 Å². The minimum absolute atomic E-state index is 0.146. The van der Waals surface area contributed by atoms with Gasteiger partial charge in [-0.15, -0.1) is 0 Å². The summed E-state index contributed by atoms with van der Waals surface area (Å²) in [6.45, 7) is 0.356. The van der Waals surface area contributed by atoms with Crippen LogP contribution in [0.3, 0.4) is 0 Å². The molecule has 0 aliphatic carbocycles. The number of benzene rings is 2. The number of hydrogen-bond donors (Lipinski definition) is 0. The first-order valence-electron chi connectivity index (χ1n) is 8.68. The van der Waals surface area contributed by atoms with Gasteiger partial charge in [0.05, 0.1) is 11.4 Å². The van der Waals surface area contributed by atoms with Crippen molar-refractivity contribution in [3.8, 4) is 0 Å². The second kappa shape index (κ2) is 8.33. The molecule has 3 aromatic rings. The van der Waals surface area contributed by atoms with Crippen LogP contribution in [-0.4, -0.2) is 37.7 Å². The summed E-state index contributed by atoms with van der Waals surface area (Å²) < 4.78 is 25.6. The Morgan fingerprint density at radius 3 is 2.18 bits per heavy atom. The van der Waals surface area contributed by atoms with Crippen molar-refractivity contribution >= 4 is 21.6 Å². The Labute approximate surface area is 165 Å². The maximum Gasteiger partial charge on any atom is 0.258 e. The fourth-order valence-corrected chi connectivity index (χ4v) is 3.60. The average molecular weight is 395 g/mol. The lowest BCUT2D eigenvalue weighted by Gasteiger charge is -2.23. The number of anilines is 1. The highest BCUT2D eigenvalue weighted by Crippen LogP contribution is 2.21. The number of para-hydroxylation sites is 1. The van der Waals surface area contributed by atoms with Crippen LogP contribution in [0.4, 0.5) is 5.69 Å². The van der Waals surface area contributed by atoms with Gasteiger partial charge in [-0.2, -0.15) is 0 Å². The zero-order valence-corrected chi connectivity index (χ0v) is 16.5. The van der Waals surface area contributed by atoms with Gasteiger partial charge < -0.3 is 4.90 Å². The molecule has 0 saturated carbocycles. The Kier molecular flexibility index (Phi) is 5.87. The molecule has 0 N–H and O–H groups in total. The second-order valence-corrected chi connectivity index (χ2v) is 8.55. The molecule has 0 atom stereocenters. The molecule has 1 aromatic heterocycles. The largest absolute Gasteiger partial charge is 0.304 e. The van der Waals surface area contributed by atoms with E-state index in [0.29, 0.717) is 12.1 Å². The lowest BCUT2D eigenvalue weighted by atomic mass is 10.1. The minimum atomic E-state index is -3.54. The van der Waals surface area contributed by atoms with Crippen molar-refractivity contribution in [3.63, 3.8) is 0 Å². The molecule has 0 spiro atoms. The van der Waals surface area contributed by atoms with Crippen LogP contribution in [0, 0.1) is 0 Å². The van der Waals surface area contributed by atoms with E-state index in [4.69, 9.17) is 0 Å². The summed E-state index contributed by atoms with van der Waals surface area (Å²) in [6, 6.07) is 19.1. The summed E-state index contributed by atoms with van der Waals surface area (Å²) in [7, 11) is -0.597. The number of pyridine rings is 1. The third-order valence-electron chi connectivity index (χ3n) is 4.26. The van der Waals surface area contributed by atoms with E-state index in [1.807, 2.05) is 42.5 Å². The number of carbonyl (C=O) groups is 1. The van der Waals surface area contributed by atoms with E-state index in [-0.39, 0.29) is 10.8 Å². The van der Waals surface area contributed by atoms with Crippen molar-refractivity contribution in [2.24, 2.45) is 0 Å². The zero-order valence-electron chi connectivity index (χ0n) is 15.7. The predicted octanol–water partition coefficient (Wildman–Crippen LogP) is 3.18. The molecular weight excluding hydrogens is 374 g/mol. The molecule has 3 rings (SSSR count). The fraction of sp³-hybridized carbons (Fsp3) is 0.143. The van der Waals surface area contributed by atoms with Crippen LogP contribution >= 0.6 is 0 Å². The predicted molar refractivity (Wildman–Crippen MR) is 109 cm³/mol. The zero-order chi connectivity index (χ0) is 20.1. The van der Waals surface area contributed by atoms with Crippen LogP contribution in [0.2, 0.25) is 0 Å². The smallest absolute Gasteiger partial charge is 0.258 e. The highest BCUT2D eigenvalue weighted by molar-refractivity contribution is 7.89. The molecule has 1 heterocycles. The Bertz CT molecular complexity index is 1040. The summed E-state index contributed by atoms with van der Waals surface area (Å²) in [4.78, 5) is 19.1. The van der Waals surface area contributed by atoms with Crippen molar-refractivity contribution in [1.82, 2.24) is 9.29 Å². The molecule has 0 radical (unpaired) electrons. The number of carbonyl (C=O) groups excluding carboxylic acids is 1. The first kappa shape index (κ1) is 19.7. The van der Waals surface area contributed by atoms with Gasteiger partial charge in [0.1, 0.15) is 0 Å². The lowest BCUT2D eigenvalue weighted by molar-refractivity contribution is 0.0985. The second-order valence-electron chi connectivity index (χ2n) is 6.40. The SMILES string of the molecule is CN(C)S(=O)(=O)c1ccc(C(=O)N(Cc2cccnc2)c2ccccc2)cc1. The summed E-state index contributed by atoms with van der Waals surface area (Å²) in [5.74, 6) is -0.219. The molecule has 0 saturated heterocycles.